The summed E-state index contributed by atoms with van der Waals surface area (Å²) in [5, 5.41) is 0. The van der Waals surface area contributed by atoms with Gasteiger partial charge in [0.05, 0.1) is 10.4 Å². The van der Waals surface area contributed by atoms with Crippen LogP contribution < -0.4 is 4.98 Å². The molecule has 0 amide bonds. The highest BCUT2D eigenvalue weighted by atomic mass is 28.2. The second-order valence-electron chi connectivity index (χ2n) is 3.60. The van der Waals surface area contributed by atoms with Crippen LogP contribution in [-0.4, -0.2) is 16.4 Å². The van der Waals surface area contributed by atoms with E-state index >= 15 is 0 Å². The molecule has 0 bridgehead atoms. The molecular weight excluding hydrogens is 162 g/mol. The molecule has 1 nitrogen and oxygen atoms in total. The Bertz CT molecular complexity index is 81.9. The number of hydrogen-bond acceptors (Lipinski definition) is 1. The highest BCUT2D eigenvalue weighted by Crippen LogP contribution is 2.08. The second kappa shape index (κ2) is 9.27. The first kappa shape index (κ1) is 12.2. The quantitative estimate of drug-likeness (QED) is 0.453. The second-order valence-corrected chi connectivity index (χ2v) is 4.17. The largest absolute Gasteiger partial charge is 0.343 e. The molecule has 1 atom stereocenters. The van der Waals surface area contributed by atoms with Crippen LogP contribution in [-0.2, 0) is 0 Å². The van der Waals surface area contributed by atoms with Gasteiger partial charge in [-0.05, 0) is 18.9 Å². The topological polar surface area (TPSA) is 12.0 Å². The summed E-state index contributed by atoms with van der Waals surface area (Å²) in [7, 11) is 1.15. The van der Waals surface area contributed by atoms with E-state index in [2.05, 4.69) is 18.8 Å². The molecule has 2 heteroatoms. The van der Waals surface area contributed by atoms with Crippen molar-refractivity contribution in [1.29, 1.82) is 0 Å². The molecule has 0 heterocycles. The van der Waals surface area contributed by atoms with E-state index in [1.54, 1.807) is 0 Å². The van der Waals surface area contributed by atoms with Crippen molar-refractivity contribution in [2.45, 2.75) is 64.8 Å². The Morgan fingerprint density at radius 2 is 1.75 bits per heavy atom. The Hall–Kier alpha value is 0.177. The molecule has 1 N–H and O–H groups in total. The summed E-state index contributed by atoms with van der Waals surface area (Å²) < 4.78 is 0. The third-order valence-corrected chi connectivity index (χ3v) is 3.37. The molecule has 0 saturated heterocycles. The minimum atomic E-state index is 0.818. The van der Waals surface area contributed by atoms with Gasteiger partial charge in [0, 0.05) is 0 Å². The maximum absolute atomic E-state index is 3.48. The van der Waals surface area contributed by atoms with E-state index in [0.29, 0.717) is 0 Å². The molecule has 0 aliphatic heterocycles. The smallest absolute Gasteiger partial charge is 0.0752 e. The first-order valence-corrected chi connectivity index (χ1v) is 6.52. The third kappa shape index (κ3) is 6.86. The normalized spacial score (nSPS) is 13.5. The van der Waals surface area contributed by atoms with E-state index in [1.165, 1.54) is 44.9 Å². The van der Waals surface area contributed by atoms with Crippen LogP contribution in [0.5, 0.6) is 0 Å². The summed E-state index contributed by atoms with van der Waals surface area (Å²) in [5.74, 6) is 0. The van der Waals surface area contributed by atoms with Gasteiger partial charge in [0.15, 0.2) is 0 Å². The van der Waals surface area contributed by atoms with Crippen LogP contribution in [0.2, 0.25) is 0 Å². The van der Waals surface area contributed by atoms with Crippen LogP contribution in [0.1, 0.15) is 58.8 Å². The van der Waals surface area contributed by atoms with E-state index in [4.69, 9.17) is 0 Å². The molecule has 0 aromatic carbocycles. The Morgan fingerprint density at radius 3 is 2.25 bits per heavy atom. The maximum atomic E-state index is 3.48. The van der Waals surface area contributed by atoms with Gasteiger partial charge >= 0.3 is 0 Å². The molecule has 0 rings (SSSR count). The van der Waals surface area contributed by atoms with Gasteiger partial charge < -0.3 is 4.98 Å². The van der Waals surface area contributed by atoms with Crippen LogP contribution in [0.3, 0.4) is 0 Å². The van der Waals surface area contributed by atoms with E-state index in [0.717, 1.165) is 16.4 Å². The summed E-state index contributed by atoms with van der Waals surface area (Å²) >= 11 is 0. The molecule has 12 heavy (non-hydrogen) atoms. The average Bonchev–Trinajstić information content (AvgIpc) is 2.11. The van der Waals surface area contributed by atoms with Crippen molar-refractivity contribution in [2.75, 3.05) is 0 Å². The van der Waals surface area contributed by atoms with Crippen LogP contribution >= 0.6 is 0 Å². The molecule has 74 valence electrons. The van der Waals surface area contributed by atoms with Gasteiger partial charge in [-0.15, -0.1) is 0 Å². The lowest BCUT2D eigenvalue weighted by Gasteiger charge is -2.12. The molecule has 0 fully saturated rings. The Balaban J connectivity index is 3.06. The lowest BCUT2D eigenvalue weighted by molar-refractivity contribution is 0.507. The van der Waals surface area contributed by atoms with Gasteiger partial charge in [-0.3, -0.25) is 0 Å². The molecule has 0 aliphatic rings. The van der Waals surface area contributed by atoms with Gasteiger partial charge in [-0.25, -0.2) is 0 Å². The van der Waals surface area contributed by atoms with Gasteiger partial charge in [-0.1, -0.05) is 46.0 Å². The summed E-state index contributed by atoms with van der Waals surface area (Å²) in [6, 6.07) is 0.818. The number of nitrogens with one attached hydrogen (secondary N) is 1. The fourth-order valence-electron chi connectivity index (χ4n) is 1.55. The SMILES string of the molecule is CCCCCCCC(CC)N[SiH3]. The zero-order valence-corrected chi connectivity index (χ0v) is 11.0. The fraction of sp³-hybridized carbons (Fsp3) is 1.00. The lowest BCUT2D eigenvalue weighted by Crippen LogP contribution is -2.25. The minimum absolute atomic E-state index is 0.818. The Labute approximate surface area is 80.8 Å². The van der Waals surface area contributed by atoms with Crippen LogP contribution in [0.4, 0.5) is 0 Å². The first-order chi connectivity index (χ1) is 5.85. The zero-order chi connectivity index (χ0) is 9.23. The number of rotatable bonds is 8. The monoisotopic (exact) mass is 187 g/mol. The molecule has 0 aliphatic carbocycles. The summed E-state index contributed by atoms with van der Waals surface area (Å²) in [5.41, 5.74) is 0. The molecular formula is C10H25NSi. The molecule has 0 radical (unpaired) electrons. The standard InChI is InChI=1S/C10H25NSi/c1-3-5-6-7-8-9-10(4-2)11-12/h10-11H,3-9H2,1-2,12H3. The molecule has 0 aromatic heterocycles. The van der Waals surface area contributed by atoms with E-state index in [-0.39, 0.29) is 0 Å². The van der Waals surface area contributed by atoms with E-state index in [1.807, 2.05) is 0 Å². The highest BCUT2D eigenvalue weighted by Gasteiger charge is 2.00. The van der Waals surface area contributed by atoms with Crippen LogP contribution in [0.15, 0.2) is 0 Å². The van der Waals surface area contributed by atoms with Crippen molar-refractivity contribution < 1.29 is 0 Å². The van der Waals surface area contributed by atoms with E-state index < -0.39 is 0 Å². The highest BCUT2D eigenvalue weighted by molar-refractivity contribution is 6.04. The molecule has 1 unspecified atom stereocenters. The Kier molecular flexibility index (Phi) is 9.40. The van der Waals surface area contributed by atoms with Gasteiger partial charge in [0.25, 0.3) is 0 Å². The van der Waals surface area contributed by atoms with Gasteiger partial charge in [-0.2, -0.15) is 0 Å². The molecule has 0 saturated carbocycles. The van der Waals surface area contributed by atoms with Crippen molar-refractivity contribution in [3.63, 3.8) is 0 Å². The summed E-state index contributed by atoms with van der Waals surface area (Å²) in [6.07, 6.45) is 9.78. The zero-order valence-electron chi connectivity index (χ0n) is 9.03. The maximum Gasteiger partial charge on any atom is 0.0752 e. The predicted octanol–water partition coefficient (Wildman–Crippen LogP) is 2.00. The fourth-order valence-corrected chi connectivity index (χ4v) is 2.24. The molecule has 0 aromatic rings. The van der Waals surface area contributed by atoms with E-state index in [9.17, 15) is 0 Å². The lowest BCUT2D eigenvalue weighted by atomic mass is 10.1. The predicted molar refractivity (Wildman–Crippen MR) is 60.5 cm³/mol. The third-order valence-electron chi connectivity index (χ3n) is 2.56. The van der Waals surface area contributed by atoms with Crippen molar-refractivity contribution >= 4 is 10.4 Å². The van der Waals surface area contributed by atoms with Crippen molar-refractivity contribution in [2.24, 2.45) is 0 Å². The minimum Gasteiger partial charge on any atom is -0.343 e. The first-order valence-electron chi connectivity index (χ1n) is 5.52. The van der Waals surface area contributed by atoms with Crippen LogP contribution in [0, 0.1) is 0 Å². The van der Waals surface area contributed by atoms with Gasteiger partial charge in [0.2, 0.25) is 0 Å². The summed E-state index contributed by atoms with van der Waals surface area (Å²) in [4.78, 5) is 3.48. The summed E-state index contributed by atoms with van der Waals surface area (Å²) in [6.45, 7) is 4.55. The van der Waals surface area contributed by atoms with Crippen molar-refractivity contribution in [3.8, 4) is 0 Å². The van der Waals surface area contributed by atoms with Crippen molar-refractivity contribution in [3.05, 3.63) is 0 Å². The molecule has 0 spiro atoms. The van der Waals surface area contributed by atoms with Crippen molar-refractivity contribution in [1.82, 2.24) is 4.98 Å². The van der Waals surface area contributed by atoms with Gasteiger partial charge in [0.1, 0.15) is 0 Å². The number of hydrogen-bond donors (Lipinski definition) is 1. The average molecular weight is 187 g/mol. The number of unbranched alkanes of at least 4 members (excludes halogenated alkanes) is 4. The van der Waals surface area contributed by atoms with Crippen LogP contribution in [0.25, 0.3) is 0 Å². The Morgan fingerprint density at radius 1 is 1.08 bits per heavy atom.